The van der Waals surface area contributed by atoms with E-state index in [0.717, 1.165) is 5.75 Å². The van der Waals surface area contributed by atoms with E-state index in [1.54, 1.807) is 42.5 Å². The highest BCUT2D eigenvalue weighted by Gasteiger charge is 2.15. The van der Waals surface area contributed by atoms with E-state index in [0.29, 0.717) is 33.8 Å². The van der Waals surface area contributed by atoms with Crippen molar-refractivity contribution in [2.45, 2.75) is 13.5 Å². The first-order chi connectivity index (χ1) is 13.1. The smallest absolute Gasteiger partial charge is 0.291 e. The van der Waals surface area contributed by atoms with Gasteiger partial charge >= 0.3 is 0 Å². The van der Waals surface area contributed by atoms with Gasteiger partial charge in [-0.15, -0.1) is 0 Å². The van der Waals surface area contributed by atoms with Crippen molar-refractivity contribution in [1.29, 1.82) is 0 Å². The number of halogens is 2. The first-order valence-electron chi connectivity index (χ1n) is 8.26. The van der Waals surface area contributed by atoms with Crippen molar-refractivity contribution in [2.75, 3.05) is 11.9 Å². The predicted octanol–water partition coefficient (Wildman–Crippen LogP) is 5.82. The number of carbonyl (C=O) groups is 1. The number of hydrogen-bond acceptors (Lipinski definition) is 4. The summed E-state index contributed by atoms with van der Waals surface area (Å²) in [5.41, 5.74) is 0.342. The number of benzene rings is 2. The van der Waals surface area contributed by atoms with Crippen LogP contribution in [-0.4, -0.2) is 12.5 Å². The number of carbonyl (C=O) groups excluding carboxylic acids is 1. The van der Waals surface area contributed by atoms with Gasteiger partial charge < -0.3 is 19.2 Å². The van der Waals surface area contributed by atoms with Crippen molar-refractivity contribution in [3.63, 3.8) is 0 Å². The number of hydrogen-bond donors (Lipinski definition) is 1. The van der Waals surface area contributed by atoms with E-state index in [4.69, 9.17) is 37.1 Å². The van der Waals surface area contributed by atoms with E-state index in [1.165, 1.54) is 0 Å². The van der Waals surface area contributed by atoms with Crippen LogP contribution in [0.15, 0.2) is 59.0 Å². The summed E-state index contributed by atoms with van der Waals surface area (Å²) in [5, 5.41) is 3.35. The number of amides is 1. The monoisotopic (exact) mass is 405 g/mol. The molecule has 5 nitrogen and oxygen atoms in total. The molecular formula is C20H17Cl2NO4. The SMILES string of the molecule is CCOc1ccc(OCc2ccc(C(=O)Nc3c(Cl)cccc3Cl)o2)cc1. The Morgan fingerprint density at radius 3 is 2.22 bits per heavy atom. The Morgan fingerprint density at radius 2 is 1.59 bits per heavy atom. The van der Waals surface area contributed by atoms with Crippen molar-refractivity contribution in [3.05, 3.63) is 76.2 Å². The summed E-state index contributed by atoms with van der Waals surface area (Å²) in [6, 6.07) is 15.5. The van der Waals surface area contributed by atoms with Crippen LogP contribution in [-0.2, 0) is 6.61 Å². The highest BCUT2D eigenvalue weighted by atomic mass is 35.5. The van der Waals surface area contributed by atoms with Crippen LogP contribution in [0.5, 0.6) is 11.5 Å². The highest BCUT2D eigenvalue weighted by molar-refractivity contribution is 6.39. The molecule has 0 unspecified atom stereocenters. The van der Waals surface area contributed by atoms with Gasteiger partial charge in [0.2, 0.25) is 0 Å². The molecule has 0 fully saturated rings. The quantitative estimate of drug-likeness (QED) is 0.538. The summed E-state index contributed by atoms with van der Waals surface area (Å²) in [6.45, 7) is 2.72. The molecule has 0 saturated carbocycles. The second-order valence-electron chi connectivity index (χ2n) is 5.51. The van der Waals surface area contributed by atoms with Crippen LogP contribution in [0.1, 0.15) is 23.2 Å². The number of rotatable bonds is 7. The summed E-state index contributed by atoms with van der Waals surface area (Å²) in [6.07, 6.45) is 0. The van der Waals surface area contributed by atoms with Crippen molar-refractivity contribution in [1.82, 2.24) is 0 Å². The number of para-hydroxylation sites is 1. The predicted molar refractivity (Wildman–Crippen MR) is 105 cm³/mol. The molecule has 0 saturated heterocycles. The zero-order chi connectivity index (χ0) is 19.2. The van der Waals surface area contributed by atoms with E-state index >= 15 is 0 Å². The largest absolute Gasteiger partial charge is 0.494 e. The molecule has 140 valence electrons. The van der Waals surface area contributed by atoms with Gasteiger partial charge in [-0.25, -0.2) is 0 Å². The number of ether oxygens (including phenoxy) is 2. The van der Waals surface area contributed by atoms with Gasteiger partial charge in [0.25, 0.3) is 5.91 Å². The Kier molecular flexibility index (Phi) is 6.27. The molecule has 0 bridgehead atoms. The molecule has 3 rings (SSSR count). The van der Waals surface area contributed by atoms with Crippen LogP contribution in [0.3, 0.4) is 0 Å². The Balaban J connectivity index is 1.60. The average Bonchev–Trinajstić information content (AvgIpc) is 3.14. The third-order valence-electron chi connectivity index (χ3n) is 3.60. The van der Waals surface area contributed by atoms with E-state index in [-0.39, 0.29) is 12.4 Å². The van der Waals surface area contributed by atoms with Gasteiger partial charge in [-0.05, 0) is 55.5 Å². The van der Waals surface area contributed by atoms with Crippen LogP contribution in [0.4, 0.5) is 5.69 Å². The van der Waals surface area contributed by atoms with Crippen LogP contribution in [0.25, 0.3) is 0 Å². The summed E-state index contributed by atoms with van der Waals surface area (Å²) in [4.78, 5) is 12.3. The molecule has 0 aliphatic carbocycles. The van der Waals surface area contributed by atoms with Crippen molar-refractivity contribution in [2.24, 2.45) is 0 Å². The number of furan rings is 1. The van der Waals surface area contributed by atoms with Gasteiger partial charge in [0.1, 0.15) is 23.9 Å². The molecule has 27 heavy (non-hydrogen) atoms. The van der Waals surface area contributed by atoms with Crippen LogP contribution < -0.4 is 14.8 Å². The fraction of sp³-hybridized carbons (Fsp3) is 0.150. The zero-order valence-electron chi connectivity index (χ0n) is 14.5. The van der Waals surface area contributed by atoms with Gasteiger partial charge in [0, 0.05) is 0 Å². The maximum absolute atomic E-state index is 12.3. The molecule has 3 aromatic rings. The second kappa shape index (κ2) is 8.84. The fourth-order valence-corrected chi connectivity index (χ4v) is 2.82. The Labute approximate surface area is 166 Å². The minimum atomic E-state index is -0.447. The third-order valence-corrected chi connectivity index (χ3v) is 4.23. The lowest BCUT2D eigenvalue weighted by Crippen LogP contribution is -2.11. The minimum absolute atomic E-state index is 0.135. The van der Waals surface area contributed by atoms with E-state index < -0.39 is 5.91 Å². The molecule has 0 radical (unpaired) electrons. The number of anilines is 1. The molecule has 1 aromatic heterocycles. The van der Waals surface area contributed by atoms with Crippen molar-refractivity contribution < 1.29 is 18.7 Å². The van der Waals surface area contributed by atoms with Gasteiger partial charge in [-0.1, -0.05) is 29.3 Å². The molecule has 1 N–H and O–H groups in total. The highest BCUT2D eigenvalue weighted by Crippen LogP contribution is 2.30. The molecule has 0 atom stereocenters. The first-order valence-corrected chi connectivity index (χ1v) is 9.02. The maximum Gasteiger partial charge on any atom is 0.291 e. The topological polar surface area (TPSA) is 60.7 Å². The third kappa shape index (κ3) is 4.96. The maximum atomic E-state index is 12.3. The van der Waals surface area contributed by atoms with Gasteiger partial charge in [0.05, 0.1) is 22.3 Å². The Hall–Kier alpha value is -2.63. The van der Waals surface area contributed by atoms with Crippen molar-refractivity contribution >= 4 is 34.8 Å². The first kappa shape index (κ1) is 19.1. The molecule has 2 aromatic carbocycles. The standard InChI is InChI=1S/C20H17Cl2NO4/c1-2-25-13-6-8-14(9-7-13)26-12-15-10-11-18(27-15)20(24)23-19-16(21)4-3-5-17(19)22/h3-11H,2,12H2,1H3,(H,23,24). The van der Waals surface area contributed by atoms with Gasteiger partial charge in [0.15, 0.2) is 5.76 Å². The normalized spacial score (nSPS) is 10.5. The lowest BCUT2D eigenvalue weighted by molar-refractivity contribution is 0.0992. The summed E-state index contributed by atoms with van der Waals surface area (Å²) >= 11 is 12.1. The Bertz CT molecular complexity index is 902. The lowest BCUT2D eigenvalue weighted by Gasteiger charge is -2.08. The molecule has 0 aliphatic rings. The number of nitrogens with one attached hydrogen (secondary N) is 1. The van der Waals surface area contributed by atoms with Crippen molar-refractivity contribution in [3.8, 4) is 11.5 Å². The molecule has 0 spiro atoms. The summed E-state index contributed by atoms with van der Waals surface area (Å²) < 4.78 is 16.6. The molecule has 1 amide bonds. The summed E-state index contributed by atoms with van der Waals surface area (Å²) in [7, 11) is 0. The second-order valence-corrected chi connectivity index (χ2v) is 6.32. The van der Waals surface area contributed by atoms with E-state index in [9.17, 15) is 4.79 Å². The average molecular weight is 406 g/mol. The summed E-state index contributed by atoms with van der Waals surface area (Å²) in [5.74, 6) is 1.65. The van der Waals surface area contributed by atoms with Gasteiger partial charge in [-0.2, -0.15) is 0 Å². The molecule has 7 heteroatoms. The van der Waals surface area contributed by atoms with E-state index in [1.807, 2.05) is 19.1 Å². The lowest BCUT2D eigenvalue weighted by atomic mass is 10.3. The van der Waals surface area contributed by atoms with Crippen LogP contribution >= 0.6 is 23.2 Å². The fourth-order valence-electron chi connectivity index (χ4n) is 2.32. The molecule has 0 aliphatic heterocycles. The zero-order valence-corrected chi connectivity index (χ0v) is 16.0. The van der Waals surface area contributed by atoms with Crippen LogP contribution in [0, 0.1) is 0 Å². The van der Waals surface area contributed by atoms with E-state index in [2.05, 4.69) is 5.32 Å². The van der Waals surface area contributed by atoms with Gasteiger partial charge in [-0.3, -0.25) is 4.79 Å². The van der Waals surface area contributed by atoms with Crippen LogP contribution in [0.2, 0.25) is 10.0 Å². The minimum Gasteiger partial charge on any atom is -0.494 e. The Morgan fingerprint density at radius 1 is 0.963 bits per heavy atom. The molecule has 1 heterocycles. The molecular weight excluding hydrogens is 389 g/mol.